The number of fused-ring (bicyclic) bond motifs is 2. The summed E-state index contributed by atoms with van der Waals surface area (Å²) in [6.07, 6.45) is 13.5. The van der Waals surface area contributed by atoms with E-state index in [0.29, 0.717) is 0 Å². The molecule has 0 atom stereocenters. The molecule has 0 spiro atoms. The van der Waals surface area contributed by atoms with Crippen molar-refractivity contribution in [1.29, 1.82) is 0 Å². The van der Waals surface area contributed by atoms with Crippen LogP contribution in [0.15, 0.2) is 48.8 Å². The van der Waals surface area contributed by atoms with Gasteiger partial charge in [-0.3, -0.25) is 0 Å². The third-order valence-corrected chi connectivity index (χ3v) is 9.99. The summed E-state index contributed by atoms with van der Waals surface area (Å²) in [4.78, 5) is 14.2. The van der Waals surface area contributed by atoms with Crippen LogP contribution in [0.3, 0.4) is 0 Å². The van der Waals surface area contributed by atoms with E-state index < -0.39 is 0 Å². The lowest BCUT2D eigenvalue weighted by molar-refractivity contribution is 0.294. The molecule has 0 aromatic carbocycles. The molecule has 5 aromatic rings. The molecule has 0 saturated carbocycles. The van der Waals surface area contributed by atoms with Crippen molar-refractivity contribution >= 4 is 54.2 Å². The molecule has 0 saturated heterocycles. The third-order valence-electron chi connectivity index (χ3n) is 6.35. The maximum atomic E-state index is 5.90. The summed E-state index contributed by atoms with van der Waals surface area (Å²) in [6.45, 7) is 5.92. The Kier molecular flexibility index (Phi) is 9.08. The number of rotatable bonds is 14. The molecule has 0 radical (unpaired) electrons. The second-order valence-corrected chi connectivity index (χ2v) is 12.6. The van der Waals surface area contributed by atoms with E-state index >= 15 is 0 Å². The Hall–Kier alpha value is -2.48. The van der Waals surface area contributed by atoms with Gasteiger partial charge in [-0.15, -0.1) is 34.0 Å². The molecule has 0 unspecified atom stereocenters. The lowest BCUT2D eigenvalue weighted by Gasteiger charge is -2.04. The molecule has 37 heavy (non-hydrogen) atoms. The number of pyridine rings is 2. The minimum absolute atomic E-state index is 0.725. The topological polar surface area (TPSA) is 44.2 Å². The first kappa shape index (κ1) is 26.1. The largest absolute Gasteiger partial charge is 0.478 e. The summed E-state index contributed by atoms with van der Waals surface area (Å²) >= 11 is 5.42. The molecule has 5 rings (SSSR count). The number of aromatic nitrogens is 2. The Morgan fingerprint density at radius 1 is 0.568 bits per heavy atom. The van der Waals surface area contributed by atoms with E-state index in [1.807, 2.05) is 23.7 Å². The zero-order valence-corrected chi connectivity index (χ0v) is 24.1. The molecule has 0 amide bonds. The van der Waals surface area contributed by atoms with Crippen LogP contribution in [0.1, 0.15) is 65.2 Å². The van der Waals surface area contributed by atoms with Gasteiger partial charge in [0.1, 0.15) is 0 Å². The third kappa shape index (κ3) is 6.70. The highest BCUT2D eigenvalue weighted by molar-refractivity contribution is 7.29. The van der Waals surface area contributed by atoms with Crippen LogP contribution in [0, 0.1) is 0 Å². The fraction of sp³-hybridized carbons (Fsp3) is 0.400. The van der Waals surface area contributed by atoms with Crippen molar-refractivity contribution in [3.05, 3.63) is 48.8 Å². The first-order valence-electron chi connectivity index (χ1n) is 13.4. The van der Waals surface area contributed by atoms with E-state index in [9.17, 15) is 0 Å². The van der Waals surface area contributed by atoms with Gasteiger partial charge < -0.3 is 9.47 Å². The number of hydrogen-bond acceptors (Lipinski definition) is 7. The molecule has 0 fully saturated rings. The van der Waals surface area contributed by atoms with Crippen LogP contribution >= 0.6 is 34.0 Å². The number of hydrogen-bond donors (Lipinski definition) is 0. The smallest absolute Gasteiger partial charge is 0.213 e. The van der Waals surface area contributed by atoms with Gasteiger partial charge in [0, 0.05) is 54.8 Å². The summed E-state index contributed by atoms with van der Waals surface area (Å²) in [5.41, 5.74) is 0. The highest BCUT2D eigenvalue weighted by atomic mass is 32.1. The van der Waals surface area contributed by atoms with E-state index in [1.165, 1.54) is 78.2 Å². The summed E-state index contributed by atoms with van der Waals surface area (Å²) < 4.78 is 14.2. The number of ether oxygens (including phenoxy) is 2. The molecule has 0 aliphatic heterocycles. The van der Waals surface area contributed by atoms with Gasteiger partial charge >= 0.3 is 0 Å². The summed E-state index contributed by atoms with van der Waals surface area (Å²) in [6, 6.07) is 13.1. The Balaban J connectivity index is 1.26. The fourth-order valence-corrected chi connectivity index (χ4v) is 7.46. The molecule has 0 N–H and O–H groups in total. The molecule has 0 bridgehead atoms. The van der Waals surface area contributed by atoms with Crippen molar-refractivity contribution in [1.82, 2.24) is 9.97 Å². The lowest BCUT2D eigenvalue weighted by Crippen LogP contribution is -1.98. The summed E-state index contributed by atoms with van der Waals surface area (Å²) in [5, 5.41) is 2.40. The second-order valence-electron chi connectivity index (χ2n) is 9.32. The van der Waals surface area contributed by atoms with Crippen molar-refractivity contribution in [2.45, 2.75) is 65.2 Å². The van der Waals surface area contributed by atoms with E-state index in [0.717, 1.165) is 37.8 Å². The monoisotopic (exact) mass is 550 g/mol. The van der Waals surface area contributed by atoms with Gasteiger partial charge in [0.25, 0.3) is 0 Å². The van der Waals surface area contributed by atoms with Crippen LogP contribution in [-0.4, -0.2) is 23.2 Å². The van der Waals surface area contributed by atoms with Crippen LogP contribution in [0.4, 0.5) is 0 Å². The Morgan fingerprint density at radius 3 is 1.51 bits per heavy atom. The van der Waals surface area contributed by atoms with Crippen molar-refractivity contribution < 1.29 is 9.47 Å². The SMILES string of the molecule is CCCCCCOc1cc2cc(-c3ccc(-c4cc5cc(OCCCCCC)ncc5s4)s3)sc2cn1. The maximum absolute atomic E-state index is 5.90. The van der Waals surface area contributed by atoms with Gasteiger partial charge in [-0.2, -0.15) is 0 Å². The van der Waals surface area contributed by atoms with Crippen LogP contribution in [-0.2, 0) is 0 Å². The van der Waals surface area contributed by atoms with Crippen LogP contribution in [0.5, 0.6) is 11.8 Å². The summed E-state index contributed by atoms with van der Waals surface area (Å²) in [7, 11) is 0. The molecule has 7 heteroatoms. The Bertz CT molecular complexity index is 1330. The summed E-state index contributed by atoms with van der Waals surface area (Å²) in [5.74, 6) is 1.45. The molecular weight excluding hydrogens is 517 g/mol. The minimum atomic E-state index is 0.725. The van der Waals surface area contributed by atoms with Crippen LogP contribution in [0.25, 0.3) is 39.7 Å². The van der Waals surface area contributed by atoms with Gasteiger partial charge in [0.05, 0.1) is 22.6 Å². The molecule has 5 heterocycles. The first-order valence-corrected chi connectivity index (χ1v) is 15.8. The normalized spacial score (nSPS) is 11.5. The number of thiophene rings is 3. The minimum Gasteiger partial charge on any atom is -0.478 e. The average molecular weight is 551 g/mol. The highest BCUT2D eigenvalue weighted by Gasteiger charge is 2.12. The molecular formula is C30H34N2O2S3. The highest BCUT2D eigenvalue weighted by Crippen LogP contribution is 2.43. The quantitative estimate of drug-likeness (QED) is 0.129. The van der Waals surface area contributed by atoms with Gasteiger partial charge in [-0.05, 0) is 37.1 Å². The molecule has 5 aromatic heterocycles. The Labute approximate surface area is 231 Å². The van der Waals surface area contributed by atoms with E-state index in [1.54, 1.807) is 22.7 Å². The predicted octanol–water partition coefficient (Wildman–Crippen LogP) is 10.2. The zero-order chi connectivity index (χ0) is 25.5. The number of unbranched alkanes of at least 4 members (excludes halogenated alkanes) is 6. The molecule has 0 aliphatic rings. The van der Waals surface area contributed by atoms with Crippen molar-refractivity contribution in [3.8, 4) is 31.3 Å². The van der Waals surface area contributed by atoms with Crippen LogP contribution in [0.2, 0.25) is 0 Å². The van der Waals surface area contributed by atoms with Gasteiger partial charge in [0.15, 0.2) is 0 Å². The maximum Gasteiger partial charge on any atom is 0.213 e. The molecule has 194 valence electrons. The van der Waals surface area contributed by atoms with Crippen molar-refractivity contribution in [3.63, 3.8) is 0 Å². The van der Waals surface area contributed by atoms with Gasteiger partial charge in [-0.25, -0.2) is 9.97 Å². The zero-order valence-electron chi connectivity index (χ0n) is 21.6. The Morgan fingerprint density at radius 2 is 1.05 bits per heavy atom. The van der Waals surface area contributed by atoms with E-state index in [4.69, 9.17) is 9.47 Å². The molecule has 0 aliphatic carbocycles. The van der Waals surface area contributed by atoms with Crippen LogP contribution < -0.4 is 9.47 Å². The second kappa shape index (κ2) is 12.9. The van der Waals surface area contributed by atoms with E-state index in [-0.39, 0.29) is 0 Å². The fourth-order valence-electron chi connectivity index (χ4n) is 4.27. The van der Waals surface area contributed by atoms with Crippen molar-refractivity contribution in [2.24, 2.45) is 0 Å². The lowest BCUT2D eigenvalue weighted by atomic mass is 10.2. The number of nitrogens with zero attached hydrogens (tertiary/aromatic N) is 2. The molecule has 4 nitrogen and oxygen atoms in total. The van der Waals surface area contributed by atoms with Crippen molar-refractivity contribution in [2.75, 3.05) is 13.2 Å². The van der Waals surface area contributed by atoms with Gasteiger partial charge in [0.2, 0.25) is 11.8 Å². The van der Waals surface area contributed by atoms with E-state index in [2.05, 4.69) is 60.2 Å². The van der Waals surface area contributed by atoms with Gasteiger partial charge in [-0.1, -0.05) is 52.4 Å². The predicted molar refractivity (Wildman–Crippen MR) is 161 cm³/mol. The first-order chi connectivity index (χ1) is 18.2. The standard InChI is InChI=1S/C30H34N2O2S3/c1-3-5-7-9-13-33-29-17-21-15-25(36-27(21)19-31-29)23-11-12-24(35-23)26-16-22-18-30(32-20-28(22)37-26)34-14-10-8-6-4-2/h11-12,15-20H,3-10,13-14H2,1-2H3. The average Bonchev–Trinajstić information content (AvgIpc) is 3.65.